The molecule has 0 amide bonds. The third-order valence-electron chi connectivity index (χ3n) is 0.759. The van der Waals surface area contributed by atoms with Gasteiger partial charge in [-0.3, -0.25) is 4.57 Å². The van der Waals surface area contributed by atoms with Crippen molar-refractivity contribution in [2.45, 2.75) is 12.2 Å². The fourth-order valence-corrected chi connectivity index (χ4v) is 0.583. The van der Waals surface area contributed by atoms with Crippen molar-refractivity contribution in [1.82, 2.24) is 0 Å². The van der Waals surface area contributed by atoms with E-state index >= 15 is 0 Å². The fourth-order valence-electron chi connectivity index (χ4n) is 0.240. The monoisotopic (exact) mass is 149 g/mol. The lowest BCUT2D eigenvalue weighted by Crippen LogP contribution is -2.18. The number of nitrogens with two attached hydrogens (primary N) is 1. The van der Waals surface area contributed by atoms with Gasteiger partial charge in [0.15, 0.2) is 0 Å². The molecule has 9 heavy (non-hydrogen) atoms. The highest BCUT2D eigenvalue weighted by atomic mass is 31.2. The van der Waals surface area contributed by atoms with Crippen LogP contribution in [0.5, 0.6) is 0 Å². The van der Waals surface area contributed by atoms with E-state index in [0.717, 1.165) is 0 Å². The molecule has 0 saturated heterocycles. The molecule has 0 aromatic heterocycles. The molecule has 0 aliphatic carbocycles. The lowest BCUT2D eigenvalue weighted by atomic mass is 10.5. The van der Waals surface area contributed by atoms with Crippen LogP contribution < -0.4 is 5.73 Å². The molecular weight excluding hydrogens is 141 g/mol. The highest BCUT2D eigenvalue weighted by Gasteiger charge is 2.22. The standard InChI is InChI=1S/C4H8NO3P/c1-2-3-4(5)9(6,7)8/h1,4H,3,5H2,(H2,6,7,8). The molecular formula is C4H8NO3P. The Morgan fingerprint density at radius 3 is 2.33 bits per heavy atom. The van der Waals surface area contributed by atoms with Crippen molar-refractivity contribution < 1.29 is 14.4 Å². The third-order valence-corrected chi connectivity index (χ3v) is 1.81. The van der Waals surface area contributed by atoms with E-state index in [9.17, 15) is 4.57 Å². The SMILES string of the molecule is C#CCC(N)P(=O)(O)O. The second-order valence-corrected chi connectivity index (χ2v) is 3.41. The molecule has 52 valence electrons. The van der Waals surface area contributed by atoms with Gasteiger partial charge in [-0.1, -0.05) is 0 Å². The van der Waals surface area contributed by atoms with E-state index in [1.54, 1.807) is 0 Å². The topological polar surface area (TPSA) is 83.6 Å². The Hall–Kier alpha value is -0.330. The van der Waals surface area contributed by atoms with Crippen molar-refractivity contribution in [3.8, 4) is 12.3 Å². The zero-order chi connectivity index (χ0) is 7.49. The summed E-state index contributed by atoms with van der Waals surface area (Å²) in [5, 5.41) is 0. The van der Waals surface area contributed by atoms with Crippen LogP contribution in [-0.4, -0.2) is 15.6 Å². The van der Waals surface area contributed by atoms with E-state index in [-0.39, 0.29) is 6.42 Å². The van der Waals surface area contributed by atoms with Gasteiger partial charge < -0.3 is 15.5 Å². The minimum Gasteiger partial charge on any atom is -0.323 e. The lowest BCUT2D eigenvalue weighted by molar-refractivity contribution is 0.359. The molecule has 0 aromatic carbocycles. The van der Waals surface area contributed by atoms with Crippen molar-refractivity contribution in [3.05, 3.63) is 0 Å². The summed E-state index contributed by atoms with van der Waals surface area (Å²) in [5.74, 6) is 0.851. The van der Waals surface area contributed by atoms with Gasteiger partial charge >= 0.3 is 7.60 Å². The Labute approximate surface area is 53.2 Å². The molecule has 0 aliphatic rings. The van der Waals surface area contributed by atoms with Gasteiger partial charge in [0.1, 0.15) is 5.78 Å². The molecule has 1 atom stereocenters. The molecule has 5 heteroatoms. The molecule has 0 rings (SSSR count). The molecule has 0 fully saturated rings. The van der Waals surface area contributed by atoms with Gasteiger partial charge in [-0.05, 0) is 0 Å². The van der Waals surface area contributed by atoms with Gasteiger partial charge in [0.05, 0.1) is 0 Å². The number of hydrogen-bond acceptors (Lipinski definition) is 2. The average molecular weight is 149 g/mol. The molecule has 1 unspecified atom stereocenters. The van der Waals surface area contributed by atoms with E-state index in [1.165, 1.54) is 0 Å². The van der Waals surface area contributed by atoms with Crippen LogP contribution in [0.1, 0.15) is 6.42 Å². The van der Waals surface area contributed by atoms with Gasteiger partial charge in [-0.15, -0.1) is 12.3 Å². The summed E-state index contributed by atoms with van der Waals surface area (Å²) in [6.45, 7) is 0. The van der Waals surface area contributed by atoms with Crippen molar-refractivity contribution >= 4 is 7.60 Å². The number of terminal acetylenes is 1. The summed E-state index contributed by atoms with van der Waals surface area (Å²) in [5.41, 5.74) is 4.96. The smallest absolute Gasteiger partial charge is 0.323 e. The first-order chi connectivity index (χ1) is 3.98. The van der Waals surface area contributed by atoms with Crippen molar-refractivity contribution in [3.63, 3.8) is 0 Å². The van der Waals surface area contributed by atoms with Gasteiger partial charge in [0, 0.05) is 6.42 Å². The number of rotatable bonds is 2. The van der Waals surface area contributed by atoms with Gasteiger partial charge in [-0.2, -0.15) is 0 Å². The first-order valence-electron chi connectivity index (χ1n) is 2.22. The van der Waals surface area contributed by atoms with Crippen LogP contribution in [-0.2, 0) is 4.57 Å². The van der Waals surface area contributed by atoms with Gasteiger partial charge in [0.2, 0.25) is 0 Å². The second-order valence-electron chi connectivity index (χ2n) is 1.56. The third kappa shape index (κ3) is 3.28. The maximum absolute atomic E-state index is 10.2. The molecule has 0 radical (unpaired) electrons. The summed E-state index contributed by atoms with van der Waals surface area (Å²) in [6.07, 6.45) is 4.66. The van der Waals surface area contributed by atoms with E-state index in [0.29, 0.717) is 0 Å². The maximum atomic E-state index is 10.2. The average Bonchev–Trinajstić information content (AvgIpc) is 1.64. The largest absolute Gasteiger partial charge is 0.343 e. The molecule has 0 bridgehead atoms. The van der Waals surface area contributed by atoms with Crippen LogP contribution in [0.25, 0.3) is 0 Å². The van der Waals surface area contributed by atoms with E-state index in [1.807, 2.05) is 0 Å². The van der Waals surface area contributed by atoms with E-state index in [2.05, 4.69) is 5.92 Å². The predicted octanol–water partition coefficient (Wildman–Crippen LogP) is -0.528. The minimum absolute atomic E-state index is 0.0930. The predicted molar refractivity (Wildman–Crippen MR) is 33.5 cm³/mol. The number of hydrogen-bond donors (Lipinski definition) is 3. The first kappa shape index (κ1) is 8.67. The molecule has 0 heterocycles. The fraction of sp³-hybridized carbons (Fsp3) is 0.500. The summed E-state index contributed by atoms with van der Waals surface area (Å²) in [7, 11) is -4.14. The molecule has 0 saturated carbocycles. The summed E-state index contributed by atoms with van der Waals surface area (Å²) in [6, 6.07) is 0. The van der Waals surface area contributed by atoms with Crippen LogP contribution in [0.2, 0.25) is 0 Å². The first-order valence-corrected chi connectivity index (χ1v) is 3.91. The Bertz CT molecular complexity index is 167. The second kappa shape index (κ2) is 3.00. The van der Waals surface area contributed by atoms with Gasteiger partial charge in [0.25, 0.3) is 0 Å². The van der Waals surface area contributed by atoms with Crippen LogP contribution in [0.3, 0.4) is 0 Å². The van der Waals surface area contributed by atoms with Crippen LogP contribution >= 0.6 is 7.60 Å². The van der Waals surface area contributed by atoms with Crippen molar-refractivity contribution in [2.24, 2.45) is 5.73 Å². The maximum Gasteiger partial charge on any atom is 0.343 e. The molecule has 0 aromatic rings. The summed E-state index contributed by atoms with van der Waals surface area (Å²) in [4.78, 5) is 16.6. The van der Waals surface area contributed by atoms with Crippen molar-refractivity contribution in [2.75, 3.05) is 0 Å². The zero-order valence-electron chi connectivity index (χ0n) is 4.69. The lowest BCUT2D eigenvalue weighted by Gasteiger charge is -2.08. The van der Waals surface area contributed by atoms with E-state index < -0.39 is 13.4 Å². The van der Waals surface area contributed by atoms with Crippen LogP contribution in [0.15, 0.2) is 0 Å². The summed E-state index contributed by atoms with van der Waals surface area (Å²) < 4.78 is 10.2. The molecule has 0 spiro atoms. The zero-order valence-corrected chi connectivity index (χ0v) is 5.58. The quantitative estimate of drug-likeness (QED) is 0.364. The van der Waals surface area contributed by atoms with Crippen molar-refractivity contribution in [1.29, 1.82) is 0 Å². The summed E-state index contributed by atoms with van der Waals surface area (Å²) >= 11 is 0. The van der Waals surface area contributed by atoms with E-state index in [4.69, 9.17) is 21.9 Å². The Kier molecular flexibility index (Phi) is 2.89. The highest BCUT2D eigenvalue weighted by Crippen LogP contribution is 2.39. The Morgan fingerprint density at radius 2 is 2.22 bits per heavy atom. The highest BCUT2D eigenvalue weighted by molar-refractivity contribution is 7.52. The molecule has 4 nitrogen and oxygen atoms in total. The van der Waals surface area contributed by atoms with Crippen LogP contribution in [0.4, 0.5) is 0 Å². The Balaban J connectivity index is 3.93. The Morgan fingerprint density at radius 1 is 1.78 bits per heavy atom. The molecule has 4 N–H and O–H groups in total. The van der Waals surface area contributed by atoms with Crippen LogP contribution in [0, 0.1) is 12.3 Å². The normalized spacial score (nSPS) is 14.4. The van der Waals surface area contributed by atoms with Gasteiger partial charge in [-0.25, -0.2) is 0 Å². The molecule has 0 aliphatic heterocycles. The minimum atomic E-state index is -4.14.